The topological polar surface area (TPSA) is 52.3 Å². The zero-order valence-corrected chi connectivity index (χ0v) is 14.4. The lowest BCUT2D eigenvalue weighted by molar-refractivity contribution is 0.414. The highest BCUT2D eigenvalue weighted by molar-refractivity contribution is 7.16. The minimum absolute atomic E-state index is 0.636. The molecule has 24 heavy (non-hydrogen) atoms. The molecule has 4 aromatic rings. The summed E-state index contributed by atoms with van der Waals surface area (Å²) >= 11 is 7.79. The summed E-state index contributed by atoms with van der Waals surface area (Å²) in [6.45, 7) is 0. The second-order valence-corrected chi connectivity index (χ2v) is 6.67. The van der Waals surface area contributed by atoms with Gasteiger partial charge in [-0.05, 0) is 29.8 Å². The van der Waals surface area contributed by atoms with Gasteiger partial charge in [-0.25, -0.2) is 0 Å². The standard InChI is InChI=1S/C17H13ClN4OS/c1-23-12-8-6-11(7-9-12)10-15-21-22-16(19-20-17(22)24-15)13-4-2-3-5-14(13)18/h2-9H,10H2,1H3. The van der Waals surface area contributed by atoms with E-state index in [4.69, 9.17) is 16.3 Å². The van der Waals surface area contributed by atoms with Gasteiger partial charge < -0.3 is 4.74 Å². The molecule has 4 rings (SSSR count). The molecule has 5 nitrogen and oxygen atoms in total. The van der Waals surface area contributed by atoms with E-state index in [0.717, 1.165) is 27.7 Å². The third-order valence-corrected chi connectivity index (χ3v) is 4.89. The van der Waals surface area contributed by atoms with Gasteiger partial charge in [0.2, 0.25) is 4.96 Å². The van der Waals surface area contributed by atoms with E-state index >= 15 is 0 Å². The van der Waals surface area contributed by atoms with Crippen molar-refractivity contribution in [3.8, 4) is 17.1 Å². The molecule has 0 saturated heterocycles. The van der Waals surface area contributed by atoms with Gasteiger partial charge in [0.1, 0.15) is 10.8 Å². The molecule has 0 amide bonds. The van der Waals surface area contributed by atoms with E-state index in [0.29, 0.717) is 10.8 Å². The summed E-state index contributed by atoms with van der Waals surface area (Å²) in [4.78, 5) is 0.758. The first-order valence-corrected chi connectivity index (χ1v) is 8.53. The van der Waals surface area contributed by atoms with Crippen molar-refractivity contribution in [2.75, 3.05) is 7.11 Å². The van der Waals surface area contributed by atoms with Crippen molar-refractivity contribution in [2.45, 2.75) is 6.42 Å². The molecule has 0 atom stereocenters. The van der Waals surface area contributed by atoms with Crippen molar-refractivity contribution < 1.29 is 4.74 Å². The summed E-state index contributed by atoms with van der Waals surface area (Å²) < 4.78 is 6.94. The number of hydrogen-bond acceptors (Lipinski definition) is 5. The van der Waals surface area contributed by atoms with Crippen molar-refractivity contribution in [3.05, 3.63) is 64.1 Å². The Morgan fingerprint density at radius 2 is 1.88 bits per heavy atom. The van der Waals surface area contributed by atoms with Crippen LogP contribution >= 0.6 is 22.9 Å². The molecule has 0 N–H and O–H groups in total. The van der Waals surface area contributed by atoms with Gasteiger partial charge in [-0.3, -0.25) is 0 Å². The van der Waals surface area contributed by atoms with Crippen molar-refractivity contribution in [3.63, 3.8) is 0 Å². The van der Waals surface area contributed by atoms with Crippen LogP contribution in [0.25, 0.3) is 16.3 Å². The third kappa shape index (κ3) is 2.74. The van der Waals surface area contributed by atoms with E-state index in [1.165, 1.54) is 16.9 Å². The molecule has 0 saturated carbocycles. The Hall–Kier alpha value is -2.44. The van der Waals surface area contributed by atoms with E-state index < -0.39 is 0 Å². The van der Waals surface area contributed by atoms with Crippen molar-refractivity contribution >= 4 is 27.9 Å². The summed E-state index contributed by atoms with van der Waals surface area (Å²) in [5.41, 5.74) is 1.99. The largest absolute Gasteiger partial charge is 0.497 e. The Balaban J connectivity index is 1.68. The van der Waals surface area contributed by atoms with E-state index in [-0.39, 0.29) is 0 Å². The Morgan fingerprint density at radius 1 is 1.08 bits per heavy atom. The summed E-state index contributed by atoms with van der Waals surface area (Å²) in [5, 5.41) is 14.7. The molecule has 0 spiro atoms. The number of halogens is 1. The van der Waals surface area contributed by atoms with Gasteiger partial charge in [0.25, 0.3) is 0 Å². The van der Waals surface area contributed by atoms with Gasteiger partial charge in [-0.2, -0.15) is 9.61 Å². The van der Waals surface area contributed by atoms with E-state index in [1.54, 1.807) is 11.6 Å². The highest BCUT2D eigenvalue weighted by Crippen LogP contribution is 2.28. The smallest absolute Gasteiger partial charge is 0.234 e. The summed E-state index contributed by atoms with van der Waals surface area (Å²) in [6, 6.07) is 15.5. The lowest BCUT2D eigenvalue weighted by atomic mass is 10.1. The molecule has 0 radical (unpaired) electrons. The third-order valence-electron chi connectivity index (χ3n) is 3.66. The number of aromatic nitrogens is 4. The molecule has 2 aromatic carbocycles. The molecule has 2 heterocycles. The lowest BCUT2D eigenvalue weighted by Crippen LogP contribution is -1.94. The Bertz CT molecular complexity index is 993. The van der Waals surface area contributed by atoms with Crippen LogP contribution < -0.4 is 4.74 Å². The Kier molecular flexibility index (Phi) is 3.92. The highest BCUT2D eigenvalue weighted by Gasteiger charge is 2.15. The first kappa shape index (κ1) is 15.1. The maximum absolute atomic E-state index is 6.26. The Labute approximate surface area is 147 Å². The maximum atomic E-state index is 6.26. The SMILES string of the molecule is COc1ccc(Cc2nn3c(-c4ccccc4Cl)nnc3s2)cc1. The van der Waals surface area contributed by atoms with Crippen LogP contribution in [-0.4, -0.2) is 26.9 Å². The monoisotopic (exact) mass is 356 g/mol. The first-order valence-electron chi connectivity index (χ1n) is 7.33. The average Bonchev–Trinajstić information content (AvgIpc) is 3.16. The first-order chi connectivity index (χ1) is 11.7. The van der Waals surface area contributed by atoms with E-state index in [2.05, 4.69) is 15.3 Å². The number of fused-ring (bicyclic) bond motifs is 1. The minimum Gasteiger partial charge on any atom is -0.497 e. The molecule has 0 aliphatic rings. The van der Waals surface area contributed by atoms with Crippen LogP contribution in [0.3, 0.4) is 0 Å². The number of nitrogens with zero attached hydrogens (tertiary/aromatic N) is 4. The highest BCUT2D eigenvalue weighted by atomic mass is 35.5. The van der Waals surface area contributed by atoms with Gasteiger partial charge in [-0.1, -0.05) is 47.2 Å². The molecule has 0 fully saturated rings. The number of benzene rings is 2. The van der Waals surface area contributed by atoms with Crippen LogP contribution in [0.4, 0.5) is 0 Å². The van der Waals surface area contributed by atoms with Crippen LogP contribution in [0.5, 0.6) is 5.75 Å². The van der Waals surface area contributed by atoms with Gasteiger partial charge >= 0.3 is 0 Å². The molecular weight excluding hydrogens is 344 g/mol. The van der Waals surface area contributed by atoms with Gasteiger partial charge in [-0.15, -0.1) is 10.2 Å². The fraction of sp³-hybridized carbons (Fsp3) is 0.118. The van der Waals surface area contributed by atoms with Gasteiger partial charge in [0.05, 0.1) is 12.1 Å². The normalized spacial score (nSPS) is 11.1. The van der Waals surface area contributed by atoms with Crippen LogP contribution in [0.2, 0.25) is 5.02 Å². The quantitative estimate of drug-likeness (QED) is 0.552. The number of hydrogen-bond donors (Lipinski definition) is 0. The fourth-order valence-corrected chi connectivity index (χ4v) is 3.54. The second kappa shape index (κ2) is 6.22. The predicted molar refractivity (Wildman–Crippen MR) is 94.9 cm³/mol. The molecule has 0 unspecified atom stereocenters. The molecular formula is C17H13ClN4OS. The molecule has 120 valence electrons. The summed E-state index contributed by atoms with van der Waals surface area (Å²) in [5.74, 6) is 1.51. The molecule has 0 aliphatic heterocycles. The average molecular weight is 357 g/mol. The number of rotatable bonds is 4. The van der Waals surface area contributed by atoms with Gasteiger partial charge in [0.15, 0.2) is 5.82 Å². The van der Waals surface area contributed by atoms with Crippen molar-refractivity contribution in [1.29, 1.82) is 0 Å². The molecule has 7 heteroatoms. The summed E-state index contributed by atoms with van der Waals surface area (Å²) in [7, 11) is 1.66. The van der Waals surface area contributed by atoms with Crippen molar-refractivity contribution in [1.82, 2.24) is 19.8 Å². The molecule has 0 bridgehead atoms. The van der Waals surface area contributed by atoms with Crippen LogP contribution in [0.1, 0.15) is 10.6 Å². The van der Waals surface area contributed by atoms with Crippen LogP contribution in [0, 0.1) is 0 Å². The summed E-state index contributed by atoms with van der Waals surface area (Å²) in [6.07, 6.45) is 0.736. The fourth-order valence-electron chi connectivity index (χ4n) is 2.46. The number of ether oxygens (including phenoxy) is 1. The zero-order valence-electron chi connectivity index (χ0n) is 12.8. The number of methoxy groups -OCH3 is 1. The van der Waals surface area contributed by atoms with Crippen LogP contribution in [0.15, 0.2) is 48.5 Å². The van der Waals surface area contributed by atoms with Gasteiger partial charge in [0, 0.05) is 12.0 Å². The zero-order chi connectivity index (χ0) is 16.5. The van der Waals surface area contributed by atoms with Crippen molar-refractivity contribution in [2.24, 2.45) is 0 Å². The Morgan fingerprint density at radius 3 is 2.62 bits per heavy atom. The van der Waals surface area contributed by atoms with E-state index in [9.17, 15) is 0 Å². The minimum atomic E-state index is 0.636. The van der Waals surface area contributed by atoms with E-state index in [1.807, 2.05) is 48.5 Å². The second-order valence-electron chi connectivity index (χ2n) is 5.22. The molecule has 0 aliphatic carbocycles. The molecule has 2 aromatic heterocycles. The van der Waals surface area contributed by atoms with Crippen LogP contribution in [-0.2, 0) is 6.42 Å². The lowest BCUT2D eigenvalue weighted by Gasteiger charge is -2.01. The maximum Gasteiger partial charge on any atom is 0.234 e. The predicted octanol–water partition coefficient (Wildman–Crippen LogP) is 4.11.